The summed E-state index contributed by atoms with van der Waals surface area (Å²) in [5.74, 6) is 1.31. The normalized spacial score (nSPS) is 14.0. The lowest BCUT2D eigenvalue weighted by molar-refractivity contribution is -0.129. The third-order valence-electron chi connectivity index (χ3n) is 5.10. The van der Waals surface area contributed by atoms with E-state index in [1.54, 1.807) is 29.2 Å². The first-order chi connectivity index (χ1) is 15.6. The van der Waals surface area contributed by atoms with Crippen molar-refractivity contribution in [1.29, 1.82) is 0 Å². The van der Waals surface area contributed by atoms with Crippen LogP contribution in [0.1, 0.15) is 25.7 Å². The van der Waals surface area contributed by atoms with Gasteiger partial charge >= 0.3 is 0 Å². The minimum atomic E-state index is -0.348. The molecule has 3 aromatic heterocycles. The van der Waals surface area contributed by atoms with Crippen LogP contribution in [-0.4, -0.2) is 63.9 Å². The molecule has 12 heteroatoms. The zero-order valence-corrected chi connectivity index (χ0v) is 18.4. The number of anilines is 3. The summed E-state index contributed by atoms with van der Waals surface area (Å²) in [4.78, 5) is 31.0. The maximum Gasteiger partial charge on any atom is 0.243 e. The highest BCUT2D eigenvalue weighted by molar-refractivity contribution is 7.23. The summed E-state index contributed by atoms with van der Waals surface area (Å²) < 4.78 is 6.53. The molecule has 1 amide bonds. The molecule has 4 rings (SSSR count). The second kappa shape index (κ2) is 10.5. The van der Waals surface area contributed by atoms with Crippen molar-refractivity contribution in [3.63, 3.8) is 0 Å². The molecule has 0 radical (unpaired) electrons. The van der Waals surface area contributed by atoms with Gasteiger partial charge in [-0.3, -0.25) is 10.0 Å². The molecule has 0 aromatic carbocycles. The minimum absolute atomic E-state index is 0.210. The predicted octanol–water partition coefficient (Wildman–Crippen LogP) is 2.04. The van der Waals surface area contributed by atoms with Crippen molar-refractivity contribution in [2.45, 2.75) is 25.7 Å². The van der Waals surface area contributed by atoms with Gasteiger partial charge in [-0.05, 0) is 18.9 Å². The summed E-state index contributed by atoms with van der Waals surface area (Å²) in [6.07, 6.45) is 6.15. The number of morpholine rings is 1. The van der Waals surface area contributed by atoms with Crippen molar-refractivity contribution in [2.75, 3.05) is 48.8 Å². The van der Waals surface area contributed by atoms with E-state index < -0.39 is 0 Å². The van der Waals surface area contributed by atoms with Crippen molar-refractivity contribution in [3.05, 3.63) is 18.5 Å². The van der Waals surface area contributed by atoms with Gasteiger partial charge in [0, 0.05) is 38.4 Å². The third-order valence-corrected chi connectivity index (χ3v) is 6.18. The third kappa shape index (κ3) is 5.39. The second-order valence-electron chi connectivity index (χ2n) is 7.40. The molecule has 11 nitrogen and oxygen atoms in total. The number of thiophene rings is 1. The van der Waals surface area contributed by atoms with Crippen LogP contribution in [0, 0.1) is 0 Å². The van der Waals surface area contributed by atoms with E-state index in [-0.39, 0.29) is 11.9 Å². The molecule has 3 aromatic rings. The van der Waals surface area contributed by atoms with Crippen molar-refractivity contribution < 1.29 is 14.7 Å². The summed E-state index contributed by atoms with van der Waals surface area (Å²) in [6.45, 7) is 3.65. The molecule has 0 saturated carbocycles. The summed E-state index contributed by atoms with van der Waals surface area (Å²) in [5, 5.41) is 13.0. The summed E-state index contributed by atoms with van der Waals surface area (Å²) >= 11 is 1.63. The average molecular weight is 459 g/mol. The number of carbonyl (C=O) groups is 1. The van der Waals surface area contributed by atoms with Crippen LogP contribution in [-0.2, 0) is 9.53 Å². The molecule has 170 valence electrons. The van der Waals surface area contributed by atoms with Gasteiger partial charge in [-0.2, -0.15) is 0 Å². The van der Waals surface area contributed by atoms with Gasteiger partial charge in [-0.1, -0.05) is 6.42 Å². The lowest BCUT2D eigenvalue weighted by atomic mass is 10.2. The first kappa shape index (κ1) is 22.1. The minimum Gasteiger partial charge on any atom is -0.378 e. The largest absolute Gasteiger partial charge is 0.378 e. The topological polar surface area (TPSA) is 151 Å². The van der Waals surface area contributed by atoms with E-state index in [1.807, 2.05) is 6.07 Å². The Kier molecular flexibility index (Phi) is 7.24. The molecule has 1 aliphatic rings. The molecular weight excluding hydrogens is 432 g/mol. The Morgan fingerprint density at radius 2 is 1.97 bits per heavy atom. The van der Waals surface area contributed by atoms with Crippen LogP contribution >= 0.6 is 11.3 Å². The Labute approximate surface area is 189 Å². The molecule has 0 spiro atoms. The molecule has 1 fully saturated rings. The number of hydrogen-bond donors (Lipinski definition) is 4. The number of unbranched alkanes of at least 4 members (excludes halogenated alkanes) is 2. The number of fused-ring (bicyclic) bond motifs is 1. The Balaban J connectivity index is 1.52. The Bertz CT molecular complexity index is 1050. The number of nitrogen functional groups attached to an aromatic ring is 1. The van der Waals surface area contributed by atoms with Crippen molar-refractivity contribution >= 4 is 44.2 Å². The number of carbonyl (C=O) groups excluding carboxylic acids is 1. The van der Waals surface area contributed by atoms with Crippen LogP contribution in [0.25, 0.3) is 21.6 Å². The van der Waals surface area contributed by atoms with Crippen LogP contribution in [0.4, 0.5) is 16.8 Å². The average Bonchev–Trinajstić information content (AvgIpc) is 3.24. The number of hydroxylamine groups is 1. The monoisotopic (exact) mass is 458 g/mol. The molecule has 5 N–H and O–H groups in total. The van der Waals surface area contributed by atoms with E-state index in [9.17, 15) is 4.79 Å². The van der Waals surface area contributed by atoms with E-state index in [1.165, 1.54) is 0 Å². The highest BCUT2D eigenvalue weighted by Crippen LogP contribution is 2.36. The fraction of sp³-hybridized carbons (Fsp3) is 0.450. The summed E-state index contributed by atoms with van der Waals surface area (Å²) in [5.41, 5.74) is 8.85. The van der Waals surface area contributed by atoms with Crippen LogP contribution in [0.3, 0.4) is 0 Å². The smallest absolute Gasteiger partial charge is 0.243 e. The maximum atomic E-state index is 11.1. The van der Waals surface area contributed by atoms with Crippen LogP contribution in [0.2, 0.25) is 0 Å². The number of hydrogen-bond acceptors (Lipinski definition) is 11. The molecular formula is C20H26N8O3S. The molecule has 0 atom stereocenters. The molecule has 0 unspecified atom stereocenters. The number of nitrogens with zero attached hydrogens (tertiary/aromatic N) is 5. The standard InChI is InChI=1S/C20H26N8O3S/c21-20-23-11-13(12-24-20)18-25-14-10-16(22-5-3-1-2-4-15(29)27-30)32-17(14)19(26-18)28-6-8-31-9-7-28/h10-12,22,30H,1-9H2,(H,27,29)(H2,21,23,24). The van der Waals surface area contributed by atoms with E-state index in [2.05, 4.69) is 20.2 Å². The zero-order chi connectivity index (χ0) is 22.3. The van der Waals surface area contributed by atoms with Gasteiger partial charge in [0.15, 0.2) is 11.6 Å². The fourth-order valence-corrected chi connectivity index (χ4v) is 4.47. The van der Waals surface area contributed by atoms with Gasteiger partial charge in [-0.15, -0.1) is 11.3 Å². The molecule has 0 aliphatic carbocycles. The molecule has 0 bridgehead atoms. The first-order valence-electron chi connectivity index (χ1n) is 10.5. The van der Waals surface area contributed by atoms with Crippen molar-refractivity contribution in [3.8, 4) is 11.4 Å². The Hall–Kier alpha value is -3.09. The summed E-state index contributed by atoms with van der Waals surface area (Å²) in [6, 6.07) is 2.03. The van der Waals surface area contributed by atoms with Crippen LogP contribution in [0.5, 0.6) is 0 Å². The van der Waals surface area contributed by atoms with E-state index in [4.69, 9.17) is 25.6 Å². The van der Waals surface area contributed by atoms with Gasteiger partial charge in [0.1, 0.15) is 0 Å². The van der Waals surface area contributed by atoms with Crippen molar-refractivity contribution in [2.24, 2.45) is 0 Å². The SMILES string of the molecule is Nc1ncc(-c2nc(N3CCOCC3)c3sc(NCCCCCC(=O)NO)cc3n2)cn1. The van der Waals surface area contributed by atoms with E-state index >= 15 is 0 Å². The Morgan fingerprint density at radius 3 is 2.72 bits per heavy atom. The zero-order valence-electron chi connectivity index (χ0n) is 17.6. The highest BCUT2D eigenvalue weighted by atomic mass is 32.1. The number of nitrogens with two attached hydrogens (primary N) is 1. The number of ether oxygens (including phenoxy) is 1. The molecule has 4 heterocycles. The number of rotatable bonds is 9. The van der Waals surface area contributed by atoms with Gasteiger partial charge in [0.2, 0.25) is 11.9 Å². The number of nitrogens with one attached hydrogen (secondary N) is 2. The van der Waals surface area contributed by atoms with Crippen LogP contribution < -0.4 is 21.4 Å². The maximum absolute atomic E-state index is 11.1. The van der Waals surface area contributed by atoms with Gasteiger partial charge in [0.05, 0.1) is 34.0 Å². The van der Waals surface area contributed by atoms with Crippen molar-refractivity contribution in [1.82, 2.24) is 25.4 Å². The van der Waals surface area contributed by atoms with Gasteiger partial charge in [-0.25, -0.2) is 25.4 Å². The van der Waals surface area contributed by atoms with E-state index in [0.29, 0.717) is 31.0 Å². The first-order valence-corrected chi connectivity index (χ1v) is 11.3. The number of aromatic nitrogens is 4. The highest BCUT2D eigenvalue weighted by Gasteiger charge is 2.20. The quantitative estimate of drug-likeness (QED) is 0.213. The summed E-state index contributed by atoms with van der Waals surface area (Å²) in [7, 11) is 0. The molecule has 32 heavy (non-hydrogen) atoms. The van der Waals surface area contributed by atoms with Crippen LogP contribution in [0.15, 0.2) is 18.5 Å². The fourth-order valence-electron chi connectivity index (χ4n) is 3.43. The number of amides is 1. The second-order valence-corrected chi connectivity index (χ2v) is 8.45. The molecule has 1 saturated heterocycles. The lowest BCUT2D eigenvalue weighted by Gasteiger charge is -2.28. The predicted molar refractivity (Wildman–Crippen MR) is 123 cm³/mol. The van der Waals surface area contributed by atoms with Gasteiger partial charge in [0.25, 0.3) is 0 Å². The lowest BCUT2D eigenvalue weighted by Crippen LogP contribution is -2.36. The molecule has 1 aliphatic heterocycles. The Morgan fingerprint density at radius 1 is 1.19 bits per heavy atom. The van der Waals surface area contributed by atoms with E-state index in [0.717, 1.165) is 59.9 Å². The van der Waals surface area contributed by atoms with Gasteiger partial charge < -0.3 is 20.7 Å².